The summed E-state index contributed by atoms with van der Waals surface area (Å²) in [5.41, 5.74) is 1.56. The standard InChI is InChI=1S/C15H27O4P/c1-11-8-7-9-15(3,4)14(11)13(16)10-12(2)20(17,18-5)19-6/h12H,7-10H2,1-6H3. The van der Waals surface area contributed by atoms with Crippen molar-refractivity contribution in [1.82, 2.24) is 0 Å². The van der Waals surface area contributed by atoms with E-state index in [4.69, 9.17) is 9.05 Å². The first kappa shape index (κ1) is 17.6. The van der Waals surface area contributed by atoms with Crippen LogP contribution in [0.2, 0.25) is 0 Å². The zero-order valence-corrected chi connectivity index (χ0v) is 14.4. The Morgan fingerprint density at radius 3 is 2.35 bits per heavy atom. The smallest absolute Gasteiger partial charge is 0.312 e. The molecule has 0 fully saturated rings. The molecule has 1 aliphatic carbocycles. The van der Waals surface area contributed by atoms with E-state index < -0.39 is 13.3 Å². The van der Waals surface area contributed by atoms with Crippen LogP contribution >= 0.6 is 7.60 Å². The predicted molar refractivity (Wildman–Crippen MR) is 81.0 cm³/mol. The molecule has 0 saturated heterocycles. The molecular formula is C15H27O4P. The van der Waals surface area contributed by atoms with E-state index in [2.05, 4.69) is 13.8 Å². The molecule has 1 unspecified atom stereocenters. The molecule has 20 heavy (non-hydrogen) atoms. The minimum absolute atomic E-state index is 0.0778. The van der Waals surface area contributed by atoms with Gasteiger partial charge in [-0.2, -0.15) is 0 Å². The molecule has 1 atom stereocenters. The van der Waals surface area contributed by atoms with Crippen molar-refractivity contribution in [3.05, 3.63) is 11.1 Å². The molecule has 0 aromatic heterocycles. The summed E-state index contributed by atoms with van der Waals surface area (Å²) in [7, 11) is -0.459. The number of carbonyl (C=O) groups is 1. The Bertz CT molecular complexity index is 443. The van der Waals surface area contributed by atoms with Gasteiger partial charge in [0.15, 0.2) is 5.78 Å². The Kier molecular flexibility index (Phi) is 5.77. The highest BCUT2D eigenvalue weighted by Gasteiger charge is 2.37. The van der Waals surface area contributed by atoms with Gasteiger partial charge in [-0.05, 0) is 37.2 Å². The van der Waals surface area contributed by atoms with Gasteiger partial charge >= 0.3 is 7.60 Å². The van der Waals surface area contributed by atoms with Crippen LogP contribution in [0.15, 0.2) is 11.1 Å². The molecule has 1 aliphatic rings. The van der Waals surface area contributed by atoms with Gasteiger partial charge in [0.1, 0.15) is 0 Å². The lowest BCUT2D eigenvalue weighted by atomic mass is 9.70. The van der Waals surface area contributed by atoms with E-state index in [1.165, 1.54) is 19.8 Å². The van der Waals surface area contributed by atoms with Crippen LogP contribution in [-0.2, 0) is 18.4 Å². The second-order valence-corrected chi connectivity index (χ2v) is 8.97. The summed E-state index contributed by atoms with van der Waals surface area (Å²) in [4.78, 5) is 12.6. The maximum atomic E-state index is 12.6. The van der Waals surface area contributed by atoms with E-state index in [9.17, 15) is 9.36 Å². The topological polar surface area (TPSA) is 52.6 Å². The van der Waals surface area contributed by atoms with Crippen LogP contribution in [0.3, 0.4) is 0 Å². The summed E-state index contributed by atoms with van der Waals surface area (Å²) in [6.45, 7) is 8.00. The van der Waals surface area contributed by atoms with Gasteiger partial charge in [-0.3, -0.25) is 9.36 Å². The largest absolute Gasteiger partial charge is 0.333 e. The van der Waals surface area contributed by atoms with Crippen molar-refractivity contribution >= 4 is 13.4 Å². The van der Waals surface area contributed by atoms with Crippen molar-refractivity contribution in [2.75, 3.05) is 14.2 Å². The number of allylic oxidation sites excluding steroid dienone is 2. The van der Waals surface area contributed by atoms with E-state index in [-0.39, 0.29) is 17.6 Å². The van der Waals surface area contributed by atoms with Crippen molar-refractivity contribution in [1.29, 1.82) is 0 Å². The summed E-state index contributed by atoms with van der Waals surface area (Å²) >= 11 is 0. The molecular weight excluding hydrogens is 275 g/mol. The molecule has 0 bridgehead atoms. The lowest BCUT2D eigenvalue weighted by Gasteiger charge is -2.34. The highest BCUT2D eigenvalue weighted by molar-refractivity contribution is 7.54. The van der Waals surface area contributed by atoms with Crippen LogP contribution in [0.1, 0.15) is 53.4 Å². The van der Waals surface area contributed by atoms with Gasteiger partial charge in [-0.1, -0.05) is 26.3 Å². The molecule has 0 saturated carbocycles. The first-order valence-electron chi connectivity index (χ1n) is 7.12. The van der Waals surface area contributed by atoms with Gasteiger partial charge in [0.25, 0.3) is 0 Å². The molecule has 0 heterocycles. The molecule has 0 aromatic rings. The fraction of sp³-hybridized carbons (Fsp3) is 0.800. The number of carbonyl (C=O) groups excluding carboxylic acids is 1. The Balaban J connectivity index is 2.94. The van der Waals surface area contributed by atoms with Gasteiger partial charge in [0.2, 0.25) is 0 Å². The number of hydrogen-bond donors (Lipinski definition) is 0. The third-order valence-corrected chi connectivity index (χ3v) is 6.55. The van der Waals surface area contributed by atoms with E-state index in [1.54, 1.807) is 6.92 Å². The summed E-state index contributed by atoms with van der Waals surface area (Å²) < 4.78 is 22.3. The Morgan fingerprint density at radius 1 is 1.35 bits per heavy atom. The van der Waals surface area contributed by atoms with Gasteiger partial charge in [-0.15, -0.1) is 0 Å². The summed E-state index contributed by atoms with van der Waals surface area (Å²) in [5, 5.41) is 0. The van der Waals surface area contributed by atoms with Crippen LogP contribution in [0, 0.1) is 5.41 Å². The molecule has 0 amide bonds. The zero-order chi connectivity index (χ0) is 15.6. The average Bonchev–Trinajstić information content (AvgIpc) is 2.36. The second kappa shape index (κ2) is 6.55. The molecule has 0 aromatic carbocycles. The molecule has 5 heteroatoms. The summed E-state index contributed by atoms with van der Waals surface area (Å²) in [6, 6.07) is 0. The summed E-state index contributed by atoms with van der Waals surface area (Å²) in [5.74, 6) is 0.0778. The Hall–Kier alpha value is -0.440. The lowest BCUT2D eigenvalue weighted by Crippen LogP contribution is -2.28. The fourth-order valence-electron chi connectivity index (χ4n) is 3.16. The van der Waals surface area contributed by atoms with E-state index in [0.717, 1.165) is 24.8 Å². The van der Waals surface area contributed by atoms with Gasteiger partial charge in [0, 0.05) is 20.6 Å². The molecule has 0 spiro atoms. The van der Waals surface area contributed by atoms with E-state index >= 15 is 0 Å². The monoisotopic (exact) mass is 302 g/mol. The van der Waals surface area contributed by atoms with Crippen molar-refractivity contribution in [2.24, 2.45) is 5.41 Å². The predicted octanol–water partition coefficient (Wildman–Crippen LogP) is 4.35. The SMILES string of the molecule is COP(=O)(OC)C(C)CC(=O)C1=C(C)CCCC1(C)C. The molecule has 0 radical (unpaired) electrons. The van der Waals surface area contributed by atoms with E-state index in [1.807, 2.05) is 6.92 Å². The van der Waals surface area contributed by atoms with Crippen molar-refractivity contribution in [3.8, 4) is 0 Å². The van der Waals surface area contributed by atoms with Crippen molar-refractivity contribution in [2.45, 2.75) is 59.0 Å². The van der Waals surface area contributed by atoms with Crippen LogP contribution in [0.5, 0.6) is 0 Å². The zero-order valence-electron chi connectivity index (χ0n) is 13.5. The third-order valence-electron chi connectivity index (χ3n) is 4.27. The third kappa shape index (κ3) is 3.60. The lowest BCUT2D eigenvalue weighted by molar-refractivity contribution is -0.116. The number of ketones is 1. The molecule has 1 rings (SSSR count). The van der Waals surface area contributed by atoms with Crippen LogP contribution < -0.4 is 0 Å². The number of rotatable bonds is 6. The quantitative estimate of drug-likeness (QED) is 0.685. The molecule has 0 N–H and O–H groups in total. The maximum absolute atomic E-state index is 12.6. The molecule has 0 aliphatic heterocycles. The first-order valence-corrected chi connectivity index (χ1v) is 8.73. The van der Waals surface area contributed by atoms with Crippen LogP contribution in [0.4, 0.5) is 0 Å². The van der Waals surface area contributed by atoms with Gasteiger partial charge in [-0.25, -0.2) is 0 Å². The van der Waals surface area contributed by atoms with Gasteiger partial charge in [0.05, 0.1) is 5.66 Å². The first-order chi connectivity index (χ1) is 9.18. The number of hydrogen-bond acceptors (Lipinski definition) is 4. The van der Waals surface area contributed by atoms with E-state index in [0.29, 0.717) is 0 Å². The Morgan fingerprint density at radius 2 is 1.90 bits per heavy atom. The normalized spacial score (nSPS) is 20.9. The van der Waals surface area contributed by atoms with Crippen LogP contribution in [0.25, 0.3) is 0 Å². The minimum Gasteiger partial charge on any atom is -0.312 e. The second-order valence-electron chi connectivity index (χ2n) is 6.27. The molecule has 4 nitrogen and oxygen atoms in total. The fourth-order valence-corrected chi connectivity index (χ4v) is 4.41. The molecule has 116 valence electrons. The highest BCUT2D eigenvalue weighted by atomic mass is 31.2. The highest BCUT2D eigenvalue weighted by Crippen LogP contribution is 2.53. The van der Waals surface area contributed by atoms with Crippen molar-refractivity contribution < 1.29 is 18.4 Å². The Labute approximate surface area is 122 Å². The maximum Gasteiger partial charge on any atom is 0.333 e. The van der Waals surface area contributed by atoms with Crippen LogP contribution in [-0.4, -0.2) is 25.7 Å². The number of Topliss-reactive ketones (excluding diaryl/α,β-unsaturated/α-hetero) is 1. The minimum atomic E-state index is -3.18. The summed E-state index contributed by atoms with van der Waals surface area (Å²) in [6.07, 6.45) is 3.33. The van der Waals surface area contributed by atoms with Crippen molar-refractivity contribution in [3.63, 3.8) is 0 Å². The van der Waals surface area contributed by atoms with Gasteiger partial charge < -0.3 is 9.05 Å². The average molecular weight is 302 g/mol.